The van der Waals surface area contributed by atoms with E-state index < -0.39 is 16.1 Å². The Balaban J connectivity index is 1.82. The third-order valence-electron chi connectivity index (χ3n) is 4.33. The van der Waals surface area contributed by atoms with Gasteiger partial charge >= 0.3 is 0 Å². The van der Waals surface area contributed by atoms with Crippen LogP contribution >= 0.6 is 11.3 Å². The number of morpholine rings is 1. The van der Waals surface area contributed by atoms with E-state index in [4.69, 9.17) is 4.74 Å². The van der Waals surface area contributed by atoms with Gasteiger partial charge in [-0.05, 0) is 35.6 Å². The zero-order chi connectivity index (χ0) is 17.9. The quantitative estimate of drug-likeness (QED) is 0.724. The molecule has 1 saturated heterocycles. The second kappa shape index (κ2) is 7.78. The van der Waals surface area contributed by atoms with Crippen molar-refractivity contribution in [3.8, 4) is 0 Å². The minimum Gasteiger partial charge on any atom is -0.378 e. The van der Waals surface area contributed by atoms with Gasteiger partial charge in [-0.25, -0.2) is 8.42 Å². The molecule has 3 rings (SSSR count). The van der Waals surface area contributed by atoms with E-state index in [1.807, 2.05) is 30.5 Å². The van der Waals surface area contributed by atoms with Crippen LogP contribution in [0.15, 0.2) is 46.7 Å². The van der Waals surface area contributed by atoms with Crippen molar-refractivity contribution in [2.45, 2.75) is 30.7 Å². The average molecular weight is 380 g/mol. The van der Waals surface area contributed by atoms with Gasteiger partial charge in [-0.1, -0.05) is 25.1 Å². The van der Waals surface area contributed by atoms with Crippen LogP contribution in [-0.4, -0.2) is 44.3 Å². The van der Waals surface area contributed by atoms with Crippen LogP contribution in [0, 0.1) is 0 Å². The number of benzene rings is 1. The molecule has 0 aliphatic carbocycles. The average Bonchev–Trinajstić information content (AvgIpc) is 3.17. The van der Waals surface area contributed by atoms with Gasteiger partial charge in [0.15, 0.2) is 5.78 Å². The Kier molecular flexibility index (Phi) is 5.68. The Hall–Kier alpha value is -1.54. The number of ketones is 1. The Bertz CT molecular complexity index is 813. The Morgan fingerprint density at radius 2 is 2.04 bits per heavy atom. The molecule has 0 radical (unpaired) electrons. The predicted molar refractivity (Wildman–Crippen MR) is 97.6 cm³/mol. The van der Waals surface area contributed by atoms with Crippen LogP contribution in [-0.2, 0) is 21.2 Å². The van der Waals surface area contributed by atoms with Crippen molar-refractivity contribution in [2.24, 2.45) is 0 Å². The maximum absolute atomic E-state index is 13.0. The van der Waals surface area contributed by atoms with Gasteiger partial charge in [0, 0.05) is 13.0 Å². The number of ether oxygens (including phenoxy) is 1. The zero-order valence-electron chi connectivity index (χ0n) is 14.1. The summed E-state index contributed by atoms with van der Waals surface area (Å²) in [6, 6.07) is 10.1. The molecular weight excluding hydrogens is 358 g/mol. The first kappa shape index (κ1) is 18.3. The number of carbonyl (C=O) groups is 1. The Morgan fingerprint density at radius 3 is 2.68 bits per heavy atom. The fourth-order valence-electron chi connectivity index (χ4n) is 2.90. The second-order valence-corrected chi connectivity index (χ2v) is 8.78. The van der Waals surface area contributed by atoms with Crippen LogP contribution in [0.25, 0.3) is 0 Å². The number of carbonyl (C=O) groups excluding carboxylic acids is 1. The molecule has 0 spiro atoms. The maximum atomic E-state index is 13.0. The first-order valence-corrected chi connectivity index (χ1v) is 10.6. The lowest BCUT2D eigenvalue weighted by Gasteiger charge is -2.34. The monoisotopic (exact) mass is 379 g/mol. The van der Waals surface area contributed by atoms with E-state index in [-0.39, 0.29) is 30.3 Å². The molecule has 1 aliphatic heterocycles. The fraction of sp³-hybridized carbons (Fsp3) is 0.389. The van der Waals surface area contributed by atoms with E-state index in [0.29, 0.717) is 11.5 Å². The van der Waals surface area contributed by atoms with Crippen molar-refractivity contribution in [2.75, 3.05) is 19.8 Å². The number of hydrogen-bond donors (Lipinski definition) is 0. The smallest absolute Gasteiger partial charge is 0.243 e. The summed E-state index contributed by atoms with van der Waals surface area (Å²) in [5, 5.41) is 1.84. The van der Waals surface area contributed by atoms with Gasteiger partial charge < -0.3 is 4.74 Å². The lowest BCUT2D eigenvalue weighted by atomic mass is 10.1. The number of aryl methyl sites for hydroxylation is 1. The molecule has 2 aromatic rings. The minimum absolute atomic E-state index is 0.0490. The molecule has 0 bridgehead atoms. The first-order valence-electron chi connectivity index (χ1n) is 8.27. The number of sulfonamides is 1. The summed E-state index contributed by atoms with van der Waals surface area (Å²) < 4.78 is 32.9. The van der Waals surface area contributed by atoms with Gasteiger partial charge in [-0.2, -0.15) is 4.31 Å². The van der Waals surface area contributed by atoms with Gasteiger partial charge in [0.05, 0.1) is 29.0 Å². The van der Waals surface area contributed by atoms with Crippen LogP contribution in [0.1, 0.15) is 28.6 Å². The third-order valence-corrected chi connectivity index (χ3v) is 7.21. The topological polar surface area (TPSA) is 63.7 Å². The van der Waals surface area contributed by atoms with Crippen molar-refractivity contribution in [1.29, 1.82) is 0 Å². The molecule has 0 N–H and O–H groups in total. The maximum Gasteiger partial charge on any atom is 0.243 e. The molecule has 1 aliphatic rings. The molecule has 1 aromatic carbocycles. The van der Waals surface area contributed by atoms with E-state index in [1.165, 1.54) is 15.6 Å². The van der Waals surface area contributed by atoms with Crippen LogP contribution in [0.5, 0.6) is 0 Å². The molecular formula is C18H21NO4S2. The Labute approximate surface area is 152 Å². The van der Waals surface area contributed by atoms with Gasteiger partial charge in [0.1, 0.15) is 0 Å². The molecule has 5 nitrogen and oxygen atoms in total. The number of nitrogens with zero attached hydrogens (tertiary/aromatic N) is 1. The third kappa shape index (κ3) is 4.00. The van der Waals surface area contributed by atoms with E-state index in [2.05, 4.69) is 0 Å². The standard InChI is InChI=1S/C18H21NO4S2/c1-2-14-5-7-16(8-6-14)25(21,22)19-9-10-23-13-15(19)12-17(20)18-4-3-11-24-18/h3-8,11,15H,2,9-10,12-13H2,1H3/t15-/m0/s1. The zero-order valence-corrected chi connectivity index (χ0v) is 15.7. The molecule has 1 atom stereocenters. The van der Waals surface area contributed by atoms with E-state index in [9.17, 15) is 13.2 Å². The van der Waals surface area contributed by atoms with Gasteiger partial charge in [-0.15, -0.1) is 11.3 Å². The van der Waals surface area contributed by atoms with Crippen molar-refractivity contribution in [3.05, 3.63) is 52.2 Å². The van der Waals surface area contributed by atoms with E-state index in [1.54, 1.807) is 18.2 Å². The largest absolute Gasteiger partial charge is 0.378 e. The molecule has 0 saturated carbocycles. The van der Waals surface area contributed by atoms with Crippen molar-refractivity contribution >= 4 is 27.1 Å². The van der Waals surface area contributed by atoms with Crippen LogP contribution < -0.4 is 0 Å². The molecule has 2 heterocycles. The van der Waals surface area contributed by atoms with Gasteiger partial charge in [0.2, 0.25) is 10.0 Å². The highest BCUT2D eigenvalue weighted by atomic mass is 32.2. The highest BCUT2D eigenvalue weighted by Gasteiger charge is 2.35. The highest BCUT2D eigenvalue weighted by molar-refractivity contribution is 7.89. The lowest BCUT2D eigenvalue weighted by Crippen LogP contribution is -2.49. The molecule has 1 aromatic heterocycles. The second-order valence-electron chi connectivity index (χ2n) is 5.95. The summed E-state index contributed by atoms with van der Waals surface area (Å²) in [5.74, 6) is -0.0490. The van der Waals surface area contributed by atoms with Crippen molar-refractivity contribution in [1.82, 2.24) is 4.31 Å². The number of thiophene rings is 1. The highest BCUT2D eigenvalue weighted by Crippen LogP contribution is 2.24. The summed E-state index contributed by atoms with van der Waals surface area (Å²) in [7, 11) is -3.65. The van der Waals surface area contributed by atoms with Crippen molar-refractivity contribution in [3.63, 3.8) is 0 Å². The van der Waals surface area contributed by atoms with Gasteiger partial charge in [-0.3, -0.25) is 4.79 Å². The SMILES string of the molecule is CCc1ccc(S(=O)(=O)N2CCOC[C@@H]2CC(=O)c2cccs2)cc1. The summed E-state index contributed by atoms with van der Waals surface area (Å²) >= 11 is 1.37. The molecule has 0 amide bonds. The first-order chi connectivity index (χ1) is 12.0. The summed E-state index contributed by atoms with van der Waals surface area (Å²) in [6.45, 7) is 2.87. The van der Waals surface area contributed by atoms with Crippen LogP contribution in [0.3, 0.4) is 0 Å². The number of rotatable bonds is 6. The van der Waals surface area contributed by atoms with Crippen molar-refractivity contribution < 1.29 is 17.9 Å². The van der Waals surface area contributed by atoms with E-state index >= 15 is 0 Å². The molecule has 134 valence electrons. The minimum atomic E-state index is -3.65. The number of Topliss-reactive ketones (excluding diaryl/α,β-unsaturated/α-hetero) is 1. The Morgan fingerprint density at radius 1 is 1.28 bits per heavy atom. The summed E-state index contributed by atoms with van der Waals surface area (Å²) in [6.07, 6.45) is 0.989. The molecule has 25 heavy (non-hydrogen) atoms. The lowest BCUT2D eigenvalue weighted by molar-refractivity contribution is 0.0294. The summed E-state index contributed by atoms with van der Waals surface area (Å²) in [5.41, 5.74) is 1.09. The fourth-order valence-corrected chi connectivity index (χ4v) is 5.17. The number of hydrogen-bond acceptors (Lipinski definition) is 5. The molecule has 7 heteroatoms. The normalized spacial score (nSPS) is 19.0. The molecule has 1 fully saturated rings. The van der Waals surface area contributed by atoms with E-state index in [0.717, 1.165) is 12.0 Å². The summed E-state index contributed by atoms with van der Waals surface area (Å²) in [4.78, 5) is 13.3. The molecule has 0 unspecified atom stereocenters. The van der Waals surface area contributed by atoms with Gasteiger partial charge in [0.25, 0.3) is 0 Å². The van der Waals surface area contributed by atoms with Crippen LogP contribution in [0.4, 0.5) is 0 Å². The predicted octanol–water partition coefficient (Wildman–Crippen LogP) is 2.97. The van der Waals surface area contributed by atoms with Crippen LogP contribution in [0.2, 0.25) is 0 Å².